The van der Waals surface area contributed by atoms with E-state index in [9.17, 15) is 0 Å². The van der Waals surface area contributed by atoms with E-state index in [2.05, 4.69) is 64.3 Å². The van der Waals surface area contributed by atoms with Crippen molar-refractivity contribution in [2.45, 2.75) is 38.8 Å². The van der Waals surface area contributed by atoms with Gasteiger partial charge in [0, 0.05) is 31.9 Å². The first-order valence-electron chi connectivity index (χ1n) is 12.1. The fourth-order valence-corrected chi connectivity index (χ4v) is 4.52. The summed E-state index contributed by atoms with van der Waals surface area (Å²) in [6.45, 7) is 10.0. The minimum Gasteiger partial charge on any atom is -0.497 e. The zero-order chi connectivity index (χ0) is 25.0. The maximum absolute atomic E-state index is 5.62. The normalized spacial score (nSPS) is 15.7. The van der Waals surface area contributed by atoms with Crippen LogP contribution in [-0.4, -0.2) is 72.6 Å². The van der Waals surface area contributed by atoms with Gasteiger partial charge in [-0.05, 0) is 72.7 Å². The van der Waals surface area contributed by atoms with Crippen LogP contribution in [0.4, 0.5) is 5.69 Å². The fourth-order valence-electron chi connectivity index (χ4n) is 4.52. The van der Waals surface area contributed by atoms with E-state index in [-0.39, 0.29) is 11.6 Å². The Morgan fingerprint density at radius 1 is 0.886 bits per heavy atom. The standard InChI is InChI=1S/C26H36N6O3/c1-7-26(2,3)32-25(27-28-29-32)24(19-8-13-22(34-5)23(18-19)35-6)31-16-14-30(15-17-31)20-9-11-21(33-4)12-10-20/h8-13,18,24H,7,14-17H2,1-6H3/t24-/m0/s1. The Balaban J connectivity index is 1.66. The summed E-state index contributed by atoms with van der Waals surface area (Å²) in [5.41, 5.74) is 2.06. The number of tetrazole rings is 1. The molecule has 0 amide bonds. The lowest BCUT2D eigenvalue weighted by atomic mass is 9.98. The van der Waals surface area contributed by atoms with Gasteiger partial charge in [-0.3, -0.25) is 4.90 Å². The first kappa shape index (κ1) is 24.8. The molecule has 0 saturated carbocycles. The van der Waals surface area contributed by atoms with Crippen molar-refractivity contribution in [3.05, 3.63) is 53.9 Å². The van der Waals surface area contributed by atoms with E-state index in [1.807, 2.05) is 28.9 Å². The average molecular weight is 481 g/mol. The van der Waals surface area contributed by atoms with Gasteiger partial charge in [-0.1, -0.05) is 13.0 Å². The van der Waals surface area contributed by atoms with Crippen molar-refractivity contribution in [1.29, 1.82) is 0 Å². The molecule has 2 heterocycles. The highest BCUT2D eigenvalue weighted by Crippen LogP contribution is 2.36. The smallest absolute Gasteiger partial charge is 0.173 e. The first-order chi connectivity index (χ1) is 16.9. The molecule has 3 aromatic rings. The molecule has 0 bridgehead atoms. The Bertz CT molecular complexity index is 1110. The molecule has 1 aliphatic heterocycles. The van der Waals surface area contributed by atoms with E-state index in [1.54, 1.807) is 21.3 Å². The monoisotopic (exact) mass is 480 g/mol. The third kappa shape index (κ3) is 5.05. The van der Waals surface area contributed by atoms with Crippen molar-refractivity contribution in [3.63, 3.8) is 0 Å². The highest BCUT2D eigenvalue weighted by Gasteiger charge is 2.34. The third-order valence-corrected chi connectivity index (χ3v) is 7.02. The molecule has 188 valence electrons. The molecule has 0 spiro atoms. The van der Waals surface area contributed by atoms with Gasteiger partial charge < -0.3 is 19.1 Å². The largest absolute Gasteiger partial charge is 0.497 e. The predicted octanol–water partition coefficient (Wildman–Crippen LogP) is 3.76. The number of methoxy groups -OCH3 is 3. The van der Waals surface area contributed by atoms with Crippen LogP contribution in [-0.2, 0) is 5.54 Å². The highest BCUT2D eigenvalue weighted by atomic mass is 16.5. The molecule has 9 heteroatoms. The zero-order valence-corrected chi connectivity index (χ0v) is 21.6. The van der Waals surface area contributed by atoms with Crippen molar-refractivity contribution in [2.24, 2.45) is 0 Å². The van der Waals surface area contributed by atoms with Crippen LogP contribution in [0.3, 0.4) is 0 Å². The molecule has 9 nitrogen and oxygen atoms in total. The number of benzene rings is 2. The highest BCUT2D eigenvalue weighted by molar-refractivity contribution is 5.50. The molecule has 0 radical (unpaired) electrons. The second-order valence-electron chi connectivity index (χ2n) is 9.35. The van der Waals surface area contributed by atoms with Crippen molar-refractivity contribution < 1.29 is 14.2 Å². The third-order valence-electron chi connectivity index (χ3n) is 7.02. The summed E-state index contributed by atoms with van der Waals surface area (Å²) >= 11 is 0. The summed E-state index contributed by atoms with van der Waals surface area (Å²) in [4.78, 5) is 4.86. The number of hydrogen-bond acceptors (Lipinski definition) is 8. The molecule has 1 aromatic heterocycles. The predicted molar refractivity (Wildman–Crippen MR) is 136 cm³/mol. The Morgan fingerprint density at radius 2 is 1.57 bits per heavy atom. The molecule has 1 aliphatic rings. The zero-order valence-electron chi connectivity index (χ0n) is 21.6. The summed E-state index contributed by atoms with van der Waals surface area (Å²) < 4.78 is 18.4. The van der Waals surface area contributed by atoms with E-state index < -0.39 is 0 Å². The van der Waals surface area contributed by atoms with Gasteiger partial charge in [0.2, 0.25) is 0 Å². The van der Waals surface area contributed by atoms with Crippen LogP contribution in [0.2, 0.25) is 0 Å². The Morgan fingerprint density at radius 3 is 2.17 bits per heavy atom. The molecular weight excluding hydrogens is 444 g/mol. The van der Waals surface area contributed by atoms with Crippen LogP contribution in [0, 0.1) is 0 Å². The fraction of sp³-hybridized carbons (Fsp3) is 0.500. The molecule has 1 saturated heterocycles. The van der Waals surface area contributed by atoms with Crippen LogP contribution in [0.1, 0.15) is 44.6 Å². The van der Waals surface area contributed by atoms with Crippen molar-refractivity contribution in [3.8, 4) is 17.2 Å². The molecule has 0 N–H and O–H groups in total. The molecule has 1 atom stereocenters. The SMILES string of the molecule is CCC(C)(C)n1nnnc1[C@H](c1ccc(OC)c(OC)c1)N1CCN(c2ccc(OC)cc2)CC1. The summed E-state index contributed by atoms with van der Waals surface area (Å²) in [5, 5.41) is 13.0. The Hall–Kier alpha value is -3.33. The molecule has 0 unspecified atom stereocenters. The minimum atomic E-state index is -0.210. The van der Waals surface area contributed by atoms with E-state index >= 15 is 0 Å². The van der Waals surface area contributed by atoms with E-state index in [0.29, 0.717) is 11.5 Å². The second kappa shape index (κ2) is 10.5. The number of aromatic nitrogens is 4. The molecular formula is C26H36N6O3. The van der Waals surface area contributed by atoms with Crippen LogP contribution in [0.5, 0.6) is 17.2 Å². The number of rotatable bonds is 9. The number of anilines is 1. The summed E-state index contributed by atoms with van der Waals surface area (Å²) in [6, 6.07) is 14.2. The number of hydrogen-bond donors (Lipinski definition) is 0. The maximum Gasteiger partial charge on any atom is 0.173 e. The molecule has 0 aliphatic carbocycles. The average Bonchev–Trinajstić information content (AvgIpc) is 3.39. The number of nitrogens with zero attached hydrogens (tertiary/aromatic N) is 6. The first-order valence-corrected chi connectivity index (χ1v) is 12.1. The summed E-state index contributed by atoms with van der Waals surface area (Å²) in [5.74, 6) is 3.10. The topological polar surface area (TPSA) is 77.8 Å². The lowest BCUT2D eigenvalue weighted by molar-refractivity contribution is 0.187. The van der Waals surface area contributed by atoms with Gasteiger partial charge in [0.05, 0.1) is 32.9 Å². The lowest BCUT2D eigenvalue weighted by Crippen LogP contribution is -2.48. The Labute approximate surface area is 207 Å². The van der Waals surface area contributed by atoms with Crippen LogP contribution < -0.4 is 19.1 Å². The van der Waals surface area contributed by atoms with E-state index in [0.717, 1.165) is 49.7 Å². The molecule has 35 heavy (non-hydrogen) atoms. The van der Waals surface area contributed by atoms with E-state index in [1.165, 1.54) is 5.69 Å². The number of piperazine rings is 1. The summed E-state index contributed by atoms with van der Waals surface area (Å²) in [7, 11) is 5.00. The van der Waals surface area contributed by atoms with Gasteiger partial charge in [0.15, 0.2) is 17.3 Å². The van der Waals surface area contributed by atoms with Crippen LogP contribution in [0.15, 0.2) is 42.5 Å². The van der Waals surface area contributed by atoms with Crippen molar-refractivity contribution >= 4 is 5.69 Å². The van der Waals surface area contributed by atoms with Crippen LogP contribution in [0.25, 0.3) is 0 Å². The van der Waals surface area contributed by atoms with Crippen LogP contribution >= 0.6 is 0 Å². The number of ether oxygens (including phenoxy) is 3. The maximum atomic E-state index is 5.62. The Kier molecular flexibility index (Phi) is 7.45. The molecule has 2 aromatic carbocycles. The molecule has 4 rings (SSSR count). The van der Waals surface area contributed by atoms with Crippen molar-refractivity contribution in [2.75, 3.05) is 52.4 Å². The van der Waals surface area contributed by atoms with Gasteiger partial charge in [0.25, 0.3) is 0 Å². The van der Waals surface area contributed by atoms with Gasteiger partial charge >= 0.3 is 0 Å². The van der Waals surface area contributed by atoms with Crippen molar-refractivity contribution in [1.82, 2.24) is 25.1 Å². The minimum absolute atomic E-state index is 0.117. The van der Waals surface area contributed by atoms with Gasteiger partial charge in [0.1, 0.15) is 5.75 Å². The van der Waals surface area contributed by atoms with Gasteiger partial charge in [-0.15, -0.1) is 5.10 Å². The van der Waals surface area contributed by atoms with E-state index in [4.69, 9.17) is 14.2 Å². The van der Waals surface area contributed by atoms with Gasteiger partial charge in [-0.25, -0.2) is 4.68 Å². The summed E-state index contributed by atoms with van der Waals surface area (Å²) in [6.07, 6.45) is 0.912. The second-order valence-corrected chi connectivity index (χ2v) is 9.35. The lowest BCUT2D eigenvalue weighted by Gasteiger charge is -2.40. The quantitative estimate of drug-likeness (QED) is 0.458. The van der Waals surface area contributed by atoms with Gasteiger partial charge in [-0.2, -0.15) is 0 Å². The molecule has 1 fully saturated rings.